The fourth-order valence-corrected chi connectivity index (χ4v) is 1.02. The number of aliphatic carboxylic acids is 1. The maximum absolute atomic E-state index is 10.1. The van der Waals surface area contributed by atoms with E-state index in [4.69, 9.17) is 5.11 Å². The third-order valence-corrected chi connectivity index (χ3v) is 1.72. The molecule has 0 aromatic carbocycles. The van der Waals surface area contributed by atoms with E-state index in [0.717, 1.165) is 6.42 Å². The number of hydrogen-bond donors (Lipinski definition) is 1. The van der Waals surface area contributed by atoms with Gasteiger partial charge in [0.1, 0.15) is 0 Å². The van der Waals surface area contributed by atoms with Crippen LogP contribution in [-0.2, 0) is 4.79 Å². The van der Waals surface area contributed by atoms with Gasteiger partial charge < -0.3 is 5.11 Å². The third kappa shape index (κ3) is 1.56. The summed E-state index contributed by atoms with van der Waals surface area (Å²) in [5.41, 5.74) is 0. The van der Waals surface area contributed by atoms with E-state index in [0.29, 0.717) is 18.3 Å². The molecule has 0 aliphatic heterocycles. The highest BCUT2D eigenvalue weighted by atomic mass is 16.4. The third-order valence-electron chi connectivity index (χ3n) is 1.72. The van der Waals surface area contributed by atoms with Crippen molar-refractivity contribution in [2.45, 2.75) is 12.8 Å². The maximum Gasteiger partial charge on any atom is 0.303 e. The topological polar surface area (TPSA) is 37.3 Å². The van der Waals surface area contributed by atoms with E-state index in [9.17, 15) is 4.79 Å². The van der Waals surface area contributed by atoms with Gasteiger partial charge in [0.2, 0.25) is 0 Å². The predicted octanol–water partition coefficient (Wildman–Crippen LogP) is 1.28. The number of carboxylic acid groups (broad SMARTS) is 1. The van der Waals surface area contributed by atoms with Crippen LogP contribution in [0, 0.1) is 11.8 Å². The fourth-order valence-electron chi connectivity index (χ4n) is 1.02. The van der Waals surface area contributed by atoms with E-state index in [1.807, 2.05) is 6.08 Å². The first kappa shape index (κ1) is 6.33. The van der Waals surface area contributed by atoms with Crippen LogP contribution in [0.15, 0.2) is 12.7 Å². The monoisotopic (exact) mass is 126 g/mol. The Bertz CT molecular complexity index is 140. The number of allylic oxidation sites excluding steroid dienone is 1. The minimum Gasteiger partial charge on any atom is -0.481 e. The van der Waals surface area contributed by atoms with Crippen LogP contribution in [-0.4, -0.2) is 11.1 Å². The van der Waals surface area contributed by atoms with Crippen LogP contribution in [0.5, 0.6) is 0 Å². The Balaban J connectivity index is 2.19. The highest BCUT2D eigenvalue weighted by Crippen LogP contribution is 2.41. The zero-order chi connectivity index (χ0) is 6.85. The second-order valence-electron chi connectivity index (χ2n) is 2.49. The van der Waals surface area contributed by atoms with Crippen molar-refractivity contribution >= 4 is 5.97 Å². The van der Waals surface area contributed by atoms with Crippen molar-refractivity contribution in [2.75, 3.05) is 0 Å². The van der Waals surface area contributed by atoms with Gasteiger partial charge in [0.25, 0.3) is 0 Å². The molecule has 1 aliphatic rings. The summed E-state index contributed by atoms with van der Waals surface area (Å²) in [4.78, 5) is 10.1. The van der Waals surface area contributed by atoms with Gasteiger partial charge in [-0.15, -0.1) is 6.58 Å². The molecule has 1 N–H and O–H groups in total. The number of hydrogen-bond acceptors (Lipinski definition) is 1. The summed E-state index contributed by atoms with van der Waals surface area (Å²) in [5, 5.41) is 8.30. The molecule has 0 saturated heterocycles. The Morgan fingerprint density at radius 1 is 1.89 bits per heavy atom. The summed E-state index contributed by atoms with van der Waals surface area (Å²) >= 11 is 0. The second kappa shape index (κ2) is 2.21. The van der Waals surface area contributed by atoms with Gasteiger partial charge in [0, 0.05) is 6.42 Å². The zero-order valence-corrected chi connectivity index (χ0v) is 5.21. The van der Waals surface area contributed by atoms with Gasteiger partial charge in [0.15, 0.2) is 0 Å². The molecule has 0 bridgehead atoms. The predicted molar refractivity (Wildman–Crippen MR) is 34.0 cm³/mol. The normalized spacial score (nSPS) is 31.6. The smallest absolute Gasteiger partial charge is 0.303 e. The molecule has 0 radical (unpaired) electrons. The lowest BCUT2D eigenvalue weighted by Crippen LogP contribution is -1.95. The summed E-state index contributed by atoms with van der Waals surface area (Å²) in [6.07, 6.45) is 3.18. The summed E-state index contributed by atoms with van der Waals surface area (Å²) in [5.74, 6) is 0.186. The average Bonchev–Trinajstić information content (AvgIpc) is 2.45. The molecule has 2 atom stereocenters. The van der Waals surface area contributed by atoms with Gasteiger partial charge in [-0.25, -0.2) is 0 Å². The Kier molecular flexibility index (Phi) is 1.56. The molecule has 0 aromatic heterocycles. The summed E-state index contributed by atoms with van der Waals surface area (Å²) in [6.45, 7) is 3.59. The lowest BCUT2D eigenvalue weighted by molar-refractivity contribution is -0.137. The van der Waals surface area contributed by atoms with Crippen LogP contribution in [0.3, 0.4) is 0 Å². The van der Waals surface area contributed by atoms with Gasteiger partial charge in [-0.1, -0.05) is 6.08 Å². The first-order valence-corrected chi connectivity index (χ1v) is 3.08. The average molecular weight is 126 g/mol. The lowest BCUT2D eigenvalue weighted by atomic mass is 10.2. The van der Waals surface area contributed by atoms with Gasteiger partial charge in [-0.05, 0) is 18.3 Å². The molecule has 0 aromatic rings. The van der Waals surface area contributed by atoms with Crippen LogP contribution < -0.4 is 0 Å². The van der Waals surface area contributed by atoms with Crippen molar-refractivity contribution < 1.29 is 9.90 Å². The second-order valence-corrected chi connectivity index (χ2v) is 2.49. The van der Waals surface area contributed by atoms with Gasteiger partial charge in [0.05, 0.1) is 0 Å². The minimum absolute atomic E-state index is 0.316. The molecule has 50 valence electrons. The molecule has 1 saturated carbocycles. The molecule has 0 heterocycles. The van der Waals surface area contributed by atoms with Crippen molar-refractivity contribution in [2.24, 2.45) is 11.8 Å². The Hall–Kier alpha value is -0.790. The number of carbonyl (C=O) groups is 1. The summed E-state index contributed by atoms with van der Waals surface area (Å²) in [7, 11) is 0. The quantitative estimate of drug-likeness (QED) is 0.578. The molecular formula is C7H10O2. The lowest BCUT2D eigenvalue weighted by Gasteiger charge is -1.86. The first-order chi connectivity index (χ1) is 4.24. The van der Waals surface area contributed by atoms with E-state index < -0.39 is 5.97 Å². The first-order valence-electron chi connectivity index (χ1n) is 3.08. The maximum atomic E-state index is 10.1. The molecule has 1 rings (SSSR count). The molecule has 1 fully saturated rings. The molecular weight excluding hydrogens is 116 g/mol. The van der Waals surface area contributed by atoms with E-state index in [1.54, 1.807) is 0 Å². The van der Waals surface area contributed by atoms with Crippen molar-refractivity contribution in [3.05, 3.63) is 12.7 Å². The van der Waals surface area contributed by atoms with Crippen molar-refractivity contribution in [1.82, 2.24) is 0 Å². The fraction of sp³-hybridized carbons (Fsp3) is 0.571. The minimum atomic E-state index is -0.690. The van der Waals surface area contributed by atoms with Crippen LogP contribution in [0.4, 0.5) is 0 Å². The molecule has 1 aliphatic carbocycles. The molecule has 9 heavy (non-hydrogen) atoms. The Morgan fingerprint density at radius 2 is 2.56 bits per heavy atom. The largest absolute Gasteiger partial charge is 0.481 e. The van der Waals surface area contributed by atoms with Crippen molar-refractivity contribution in [3.8, 4) is 0 Å². The molecule has 2 nitrogen and oxygen atoms in total. The SMILES string of the molecule is C=CC1CC1CC(=O)O. The van der Waals surface area contributed by atoms with Gasteiger partial charge in [-0.3, -0.25) is 4.79 Å². The van der Waals surface area contributed by atoms with Crippen molar-refractivity contribution in [1.29, 1.82) is 0 Å². The van der Waals surface area contributed by atoms with Gasteiger partial charge in [-0.2, -0.15) is 0 Å². The Labute approximate surface area is 54.2 Å². The highest BCUT2D eigenvalue weighted by Gasteiger charge is 2.35. The van der Waals surface area contributed by atoms with Crippen LogP contribution in [0.25, 0.3) is 0 Å². The van der Waals surface area contributed by atoms with Crippen LogP contribution >= 0.6 is 0 Å². The standard InChI is InChI=1S/C7H10O2/c1-2-5-3-6(5)4-7(8)9/h2,5-6H,1,3-4H2,(H,8,9). The van der Waals surface area contributed by atoms with E-state index in [2.05, 4.69) is 6.58 Å². The highest BCUT2D eigenvalue weighted by molar-refractivity contribution is 5.67. The van der Waals surface area contributed by atoms with Gasteiger partial charge >= 0.3 is 5.97 Å². The van der Waals surface area contributed by atoms with Crippen molar-refractivity contribution in [3.63, 3.8) is 0 Å². The zero-order valence-electron chi connectivity index (χ0n) is 5.21. The number of carboxylic acids is 1. The molecule has 0 spiro atoms. The molecule has 2 unspecified atom stereocenters. The van der Waals surface area contributed by atoms with Crippen LogP contribution in [0.2, 0.25) is 0 Å². The van der Waals surface area contributed by atoms with Crippen LogP contribution in [0.1, 0.15) is 12.8 Å². The van der Waals surface area contributed by atoms with E-state index in [-0.39, 0.29) is 0 Å². The molecule has 0 amide bonds. The molecule has 2 heteroatoms. The summed E-state index contributed by atoms with van der Waals surface area (Å²) < 4.78 is 0. The van der Waals surface area contributed by atoms with E-state index in [1.165, 1.54) is 0 Å². The Morgan fingerprint density at radius 3 is 2.89 bits per heavy atom. The number of rotatable bonds is 3. The van der Waals surface area contributed by atoms with E-state index >= 15 is 0 Å². The summed E-state index contributed by atoms with van der Waals surface area (Å²) in [6, 6.07) is 0.